The Morgan fingerprint density at radius 3 is 2.84 bits per heavy atom. The number of furan rings is 1. The highest BCUT2D eigenvalue weighted by Gasteiger charge is 2.16. The molecule has 3 aromatic heterocycles. The number of hydrogen-bond acceptors (Lipinski definition) is 6. The summed E-state index contributed by atoms with van der Waals surface area (Å²) < 4.78 is 11.8. The topological polar surface area (TPSA) is 74.3 Å². The van der Waals surface area contributed by atoms with Crippen molar-refractivity contribution < 1.29 is 13.9 Å². The van der Waals surface area contributed by atoms with Crippen LogP contribution < -0.4 is 5.56 Å². The number of methoxy groups -OCH3 is 1. The lowest BCUT2D eigenvalue weighted by atomic mass is 10.2. The van der Waals surface area contributed by atoms with Gasteiger partial charge in [-0.05, 0) is 31.0 Å². The zero-order valence-electron chi connectivity index (χ0n) is 14.5. The molecule has 3 heterocycles. The van der Waals surface area contributed by atoms with Crippen molar-refractivity contribution in [3.05, 3.63) is 50.8 Å². The smallest absolute Gasteiger partial charge is 0.373 e. The Hall–Kier alpha value is -2.41. The van der Waals surface area contributed by atoms with E-state index in [0.717, 1.165) is 28.4 Å². The van der Waals surface area contributed by atoms with E-state index in [1.165, 1.54) is 7.11 Å². The Morgan fingerprint density at radius 1 is 1.36 bits per heavy atom. The van der Waals surface area contributed by atoms with Crippen LogP contribution in [0.3, 0.4) is 0 Å². The van der Waals surface area contributed by atoms with Crippen LogP contribution in [0.2, 0.25) is 0 Å². The molecule has 0 N–H and O–H groups in total. The predicted molar refractivity (Wildman–Crippen MR) is 96.4 cm³/mol. The van der Waals surface area contributed by atoms with Gasteiger partial charge in [0.2, 0.25) is 5.76 Å². The normalized spacial score (nSPS) is 11.2. The Bertz CT molecular complexity index is 967. The van der Waals surface area contributed by atoms with Gasteiger partial charge in [-0.1, -0.05) is 13.8 Å². The van der Waals surface area contributed by atoms with Gasteiger partial charge in [-0.25, -0.2) is 9.78 Å². The van der Waals surface area contributed by atoms with E-state index in [9.17, 15) is 9.59 Å². The van der Waals surface area contributed by atoms with Crippen LogP contribution in [-0.2, 0) is 24.1 Å². The summed E-state index contributed by atoms with van der Waals surface area (Å²) in [5, 5.41) is 0.640. The van der Waals surface area contributed by atoms with Crippen molar-refractivity contribution in [3.63, 3.8) is 0 Å². The van der Waals surface area contributed by atoms with E-state index in [4.69, 9.17) is 9.40 Å². The summed E-state index contributed by atoms with van der Waals surface area (Å²) in [5.41, 5.74) is -0.0691. The Morgan fingerprint density at radius 2 is 2.16 bits per heavy atom. The van der Waals surface area contributed by atoms with Gasteiger partial charge in [0, 0.05) is 11.3 Å². The van der Waals surface area contributed by atoms with E-state index in [-0.39, 0.29) is 17.9 Å². The van der Waals surface area contributed by atoms with Gasteiger partial charge in [-0.3, -0.25) is 9.36 Å². The first-order valence-corrected chi connectivity index (χ1v) is 9.08. The second-order valence-corrected chi connectivity index (χ2v) is 6.83. The largest absolute Gasteiger partial charge is 0.463 e. The number of esters is 1. The molecule has 7 heteroatoms. The fourth-order valence-corrected chi connectivity index (χ4v) is 3.67. The number of aryl methyl sites for hydroxylation is 2. The number of thiophene rings is 1. The van der Waals surface area contributed by atoms with Crippen LogP contribution in [0.5, 0.6) is 0 Å². The molecule has 3 aromatic rings. The van der Waals surface area contributed by atoms with Crippen molar-refractivity contribution >= 4 is 27.5 Å². The standard InChI is InChI=1S/C18H20N2O4S/c1-4-6-15-19-16-13(9-12(5-2)25-16)17(21)20(15)10-11-7-8-14(24-11)18(22)23-3/h7-9H,4-6,10H2,1-3H3. The third-order valence-electron chi connectivity index (χ3n) is 3.97. The summed E-state index contributed by atoms with van der Waals surface area (Å²) >= 11 is 1.57. The quantitative estimate of drug-likeness (QED) is 0.630. The molecule has 0 saturated heterocycles. The molecule has 0 unspecified atom stereocenters. The zero-order chi connectivity index (χ0) is 18.0. The minimum Gasteiger partial charge on any atom is -0.463 e. The number of aromatic nitrogens is 2. The van der Waals surface area contributed by atoms with Crippen LogP contribution in [0.15, 0.2) is 27.4 Å². The van der Waals surface area contributed by atoms with Crippen LogP contribution in [0.4, 0.5) is 0 Å². The van der Waals surface area contributed by atoms with E-state index in [0.29, 0.717) is 17.6 Å². The van der Waals surface area contributed by atoms with Crippen LogP contribution in [0.25, 0.3) is 10.2 Å². The Balaban J connectivity index is 2.05. The number of rotatable bonds is 6. The van der Waals surface area contributed by atoms with Crippen LogP contribution in [-0.4, -0.2) is 22.6 Å². The van der Waals surface area contributed by atoms with Gasteiger partial charge in [0.05, 0.1) is 19.0 Å². The molecule has 25 heavy (non-hydrogen) atoms. The number of fused-ring (bicyclic) bond motifs is 1. The van der Waals surface area contributed by atoms with Crippen molar-refractivity contribution in [1.82, 2.24) is 9.55 Å². The SMILES string of the molecule is CCCc1nc2sc(CC)cc2c(=O)n1Cc1ccc(C(=O)OC)o1. The molecule has 0 aliphatic heterocycles. The zero-order valence-corrected chi connectivity index (χ0v) is 15.3. The van der Waals surface area contributed by atoms with Crippen LogP contribution in [0, 0.1) is 0 Å². The van der Waals surface area contributed by atoms with Gasteiger partial charge in [0.25, 0.3) is 5.56 Å². The average molecular weight is 360 g/mol. The second kappa shape index (κ2) is 7.23. The van der Waals surface area contributed by atoms with Gasteiger partial charge in [0.15, 0.2) is 0 Å². The van der Waals surface area contributed by atoms with Gasteiger partial charge in [-0.15, -0.1) is 11.3 Å². The first kappa shape index (κ1) is 17.4. The third kappa shape index (κ3) is 3.37. The van der Waals surface area contributed by atoms with Crippen molar-refractivity contribution in [2.24, 2.45) is 0 Å². The summed E-state index contributed by atoms with van der Waals surface area (Å²) in [6.45, 7) is 4.35. The van der Waals surface area contributed by atoms with Gasteiger partial charge in [-0.2, -0.15) is 0 Å². The van der Waals surface area contributed by atoms with E-state index in [2.05, 4.69) is 18.6 Å². The maximum absolute atomic E-state index is 13.0. The van der Waals surface area contributed by atoms with Crippen molar-refractivity contribution in [1.29, 1.82) is 0 Å². The number of carbonyl (C=O) groups is 1. The van der Waals surface area contributed by atoms with Gasteiger partial charge < -0.3 is 9.15 Å². The average Bonchev–Trinajstić information content (AvgIpc) is 3.24. The van der Waals surface area contributed by atoms with E-state index in [1.54, 1.807) is 28.0 Å². The summed E-state index contributed by atoms with van der Waals surface area (Å²) in [7, 11) is 1.30. The van der Waals surface area contributed by atoms with E-state index in [1.807, 2.05) is 6.07 Å². The molecule has 0 atom stereocenters. The molecule has 132 valence electrons. The molecular weight excluding hydrogens is 340 g/mol. The monoisotopic (exact) mass is 360 g/mol. The lowest BCUT2D eigenvalue weighted by molar-refractivity contribution is 0.0563. The molecule has 0 radical (unpaired) electrons. The fourth-order valence-electron chi connectivity index (χ4n) is 2.69. The minimum absolute atomic E-state index is 0.0691. The van der Waals surface area contributed by atoms with Crippen molar-refractivity contribution in [3.8, 4) is 0 Å². The molecule has 0 bridgehead atoms. The van der Waals surface area contributed by atoms with Crippen molar-refractivity contribution in [2.45, 2.75) is 39.7 Å². The number of nitrogens with zero attached hydrogens (tertiary/aromatic N) is 2. The molecule has 0 aromatic carbocycles. The Kier molecular flexibility index (Phi) is 5.03. The van der Waals surface area contributed by atoms with Crippen molar-refractivity contribution in [2.75, 3.05) is 7.11 Å². The lowest BCUT2D eigenvalue weighted by Crippen LogP contribution is -2.25. The number of hydrogen-bond donors (Lipinski definition) is 0. The third-order valence-corrected chi connectivity index (χ3v) is 5.14. The highest BCUT2D eigenvalue weighted by Crippen LogP contribution is 2.23. The number of ether oxygens (including phenoxy) is 1. The molecule has 6 nitrogen and oxygen atoms in total. The second-order valence-electron chi connectivity index (χ2n) is 5.71. The molecule has 3 rings (SSSR count). The molecule has 0 spiro atoms. The molecule has 0 aliphatic carbocycles. The summed E-state index contributed by atoms with van der Waals surface area (Å²) in [6, 6.07) is 5.16. The Labute approximate surface area is 149 Å². The predicted octanol–water partition coefficient (Wildman–Crippen LogP) is 3.40. The molecule has 0 amide bonds. The molecular formula is C18H20N2O4S. The summed E-state index contributed by atoms with van der Waals surface area (Å²) in [5.74, 6) is 0.847. The fraction of sp³-hybridized carbons (Fsp3) is 0.389. The molecule has 0 fully saturated rings. The minimum atomic E-state index is -0.536. The molecule has 0 aliphatic rings. The van der Waals surface area contributed by atoms with E-state index >= 15 is 0 Å². The maximum atomic E-state index is 13.0. The number of carbonyl (C=O) groups excluding carboxylic acids is 1. The lowest BCUT2D eigenvalue weighted by Gasteiger charge is -2.10. The highest BCUT2D eigenvalue weighted by molar-refractivity contribution is 7.18. The first-order valence-electron chi connectivity index (χ1n) is 8.26. The summed E-state index contributed by atoms with van der Waals surface area (Å²) in [6.07, 6.45) is 2.47. The van der Waals surface area contributed by atoms with Crippen LogP contribution >= 0.6 is 11.3 Å². The molecule has 0 saturated carbocycles. The first-order chi connectivity index (χ1) is 12.1. The van der Waals surface area contributed by atoms with Gasteiger partial charge in [0.1, 0.15) is 16.4 Å². The van der Waals surface area contributed by atoms with Gasteiger partial charge >= 0.3 is 5.97 Å². The van der Waals surface area contributed by atoms with Crippen LogP contribution in [0.1, 0.15) is 47.3 Å². The highest BCUT2D eigenvalue weighted by atomic mass is 32.1. The maximum Gasteiger partial charge on any atom is 0.373 e. The van der Waals surface area contributed by atoms with E-state index < -0.39 is 5.97 Å². The summed E-state index contributed by atoms with van der Waals surface area (Å²) in [4.78, 5) is 31.1.